The first kappa shape index (κ1) is 17.1. The molecule has 0 spiro atoms. The molecule has 0 fully saturated rings. The van der Waals surface area contributed by atoms with Crippen molar-refractivity contribution in [1.29, 1.82) is 0 Å². The number of carbonyl (C=O) groups is 2. The molecule has 1 atom stereocenters. The summed E-state index contributed by atoms with van der Waals surface area (Å²) < 4.78 is 0. The van der Waals surface area contributed by atoms with E-state index in [1.165, 1.54) is 0 Å². The van der Waals surface area contributed by atoms with E-state index in [1.807, 2.05) is 51.1 Å². The Bertz CT molecular complexity index is 682. The molecule has 2 N–H and O–H groups in total. The van der Waals surface area contributed by atoms with Crippen LogP contribution in [0.3, 0.4) is 0 Å². The van der Waals surface area contributed by atoms with E-state index in [4.69, 9.17) is 5.73 Å². The second-order valence-electron chi connectivity index (χ2n) is 6.82. The van der Waals surface area contributed by atoms with Gasteiger partial charge >= 0.3 is 0 Å². The molecule has 0 heterocycles. The Kier molecular flexibility index (Phi) is 5.12. The number of hydrogen-bond acceptors (Lipinski definition) is 3. The van der Waals surface area contributed by atoms with Gasteiger partial charge in [0, 0.05) is 16.5 Å². The Morgan fingerprint density at radius 1 is 0.913 bits per heavy atom. The maximum atomic E-state index is 12.3. The van der Waals surface area contributed by atoms with Crippen LogP contribution in [0, 0.1) is 5.41 Å². The van der Waals surface area contributed by atoms with Crippen molar-refractivity contribution < 1.29 is 9.59 Å². The van der Waals surface area contributed by atoms with Gasteiger partial charge in [-0.1, -0.05) is 75.4 Å². The summed E-state index contributed by atoms with van der Waals surface area (Å²) >= 11 is 0. The summed E-state index contributed by atoms with van der Waals surface area (Å²) in [6.07, 6.45) is 0.482. The number of nitrogens with two attached hydrogens (primary N) is 1. The lowest BCUT2D eigenvalue weighted by Crippen LogP contribution is -2.40. The van der Waals surface area contributed by atoms with Gasteiger partial charge in [0.05, 0.1) is 6.04 Å². The lowest BCUT2D eigenvalue weighted by molar-refractivity contribution is -0.127. The summed E-state index contributed by atoms with van der Waals surface area (Å²) in [7, 11) is 0. The van der Waals surface area contributed by atoms with Gasteiger partial charge in [-0.2, -0.15) is 0 Å². The molecule has 0 saturated carbocycles. The van der Waals surface area contributed by atoms with Crippen LogP contribution < -0.4 is 5.73 Å². The third kappa shape index (κ3) is 4.36. The van der Waals surface area contributed by atoms with Crippen molar-refractivity contribution in [2.75, 3.05) is 0 Å². The van der Waals surface area contributed by atoms with E-state index in [0.29, 0.717) is 17.5 Å². The number of Topliss-reactive ketones (excluding diaryl/α,β-unsaturated/α-hetero) is 1. The fourth-order valence-corrected chi connectivity index (χ4v) is 2.45. The highest BCUT2D eigenvalue weighted by Gasteiger charge is 2.27. The SMILES string of the molecule is CC(C)(C)C(=O)C(N)Cc1ccc(C(=O)c2ccccc2)cc1. The van der Waals surface area contributed by atoms with Crippen molar-refractivity contribution in [3.05, 3.63) is 71.3 Å². The molecule has 3 heteroatoms. The van der Waals surface area contributed by atoms with Crippen molar-refractivity contribution in [2.24, 2.45) is 11.1 Å². The predicted octanol–water partition coefficient (Wildman–Crippen LogP) is 3.40. The van der Waals surface area contributed by atoms with Gasteiger partial charge < -0.3 is 5.73 Å². The molecule has 0 aliphatic carbocycles. The van der Waals surface area contributed by atoms with Gasteiger partial charge in [-0.05, 0) is 12.0 Å². The molecule has 0 amide bonds. The highest BCUT2D eigenvalue weighted by Crippen LogP contribution is 2.18. The molecule has 3 nitrogen and oxygen atoms in total. The highest BCUT2D eigenvalue weighted by molar-refractivity contribution is 6.08. The van der Waals surface area contributed by atoms with E-state index < -0.39 is 11.5 Å². The van der Waals surface area contributed by atoms with Gasteiger partial charge in [0.1, 0.15) is 0 Å². The molecule has 120 valence electrons. The van der Waals surface area contributed by atoms with Crippen molar-refractivity contribution >= 4 is 11.6 Å². The van der Waals surface area contributed by atoms with Crippen molar-refractivity contribution in [3.8, 4) is 0 Å². The van der Waals surface area contributed by atoms with E-state index in [-0.39, 0.29) is 11.6 Å². The van der Waals surface area contributed by atoms with Crippen molar-refractivity contribution in [2.45, 2.75) is 33.2 Å². The van der Waals surface area contributed by atoms with Gasteiger partial charge in [0.2, 0.25) is 0 Å². The van der Waals surface area contributed by atoms with Crippen LogP contribution in [-0.2, 0) is 11.2 Å². The standard InChI is InChI=1S/C20H23NO2/c1-20(2,3)19(23)17(21)13-14-9-11-16(12-10-14)18(22)15-7-5-4-6-8-15/h4-12,17H,13,21H2,1-3H3. The molecule has 0 aliphatic heterocycles. The van der Waals surface area contributed by atoms with Gasteiger partial charge in [0.25, 0.3) is 0 Å². The van der Waals surface area contributed by atoms with Crippen LogP contribution in [0.5, 0.6) is 0 Å². The zero-order valence-corrected chi connectivity index (χ0v) is 13.9. The zero-order chi connectivity index (χ0) is 17.0. The molecule has 0 radical (unpaired) electrons. The topological polar surface area (TPSA) is 60.2 Å². The van der Waals surface area contributed by atoms with Crippen LogP contribution in [0.2, 0.25) is 0 Å². The molecule has 0 aliphatic rings. The Morgan fingerprint density at radius 3 is 1.96 bits per heavy atom. The second-order valence-corrected chi connectivity index (χ2v) is 6.82. The molecule has 0 bridgehead atoms. The van der Waals surface area contributed by atoms with E-state index in [1.54, 1.807) is 24.3 Å². The van der Waals surface area contributed by atoms with E-state index in [9.17, 15) is 9.59 Å². The average molecular weight is 309 g/mol. The molecule has 0 saturated heterocycles. The molecule has 2 rings (SSSR count). The van der Waals surface area contributed by atoms with Crippen LogP contribution in [0.4, 0.5) is 0 Å². The summed E-state index contributed by atoms with van der Waals surface area (Å²) in [4.78, 5) is 24.5. The van der Waals surface area contributed by atoms with Crippen LogP contribution in [0.25, 0.3) is 0 Å². The normalized spacial score (nSPS) is 12.7. The van der Waals surface area contributed by atoms with E-state index in [2.05, 4.69) is 0 Å². The summed E-state index contributed by atoms with van der Waals surface area (Å²) in [5.74, 6) is 0.0363. The third-order valence-corrected chi connectivity index (χ3v) is 3.78. The minimum Gasteiger partial charge on any atom is -0.321 e. The molecule has 23 heavy (non-hydrogen) atoms. The molecule has 1 unspecified atom stereocenters. The lowest BCUT2D eigenvalue weighted by Gasteiger charge is -2.21. The van der Waals surface area contributed by atoms with E-state index >= 15 is 0 Å². The summed E-state index contributed by atoms with van der Waals surface area (Å²) in [5, 5.41) is 0. The number of hydrogen-bond donors (Lipinski definition) is 1. The lowest BCUT2D eigenvalue weighted by atomic mass is 9.84. The molecular weight excluding hydrogens is 286 g/mol. The number of carbonyl (C=O) groups excluding carboxylic acids is 2. The maximum Gasteiger partial charge on any atom is 0.193 e. The minimum atomic E-state index is -0.523. The smallest absolute Gasteiger partial charge is 0.193 e. The van der Waals surface area contributed by atoms with Crippen LogP contribution in [0.1, 0.15) is 42.3 Å². The first-order valence-electron chi connectivity index (χ1n) is 7.77. The largest absolute Gasteiger partial charge is 0.321 e. The minimum absolute atomic E-state index is 0.00721. The van der Waals surface area contributed by atoms with Gasteiger partial charge in [0.15, 0.2) is 11.6 Å². The predicted molar refractivity (Wildman–Crippen MR) is 92.5 cm³/mol. The van der Waals surface area contributed by atoms with Gasteiger partial charge in [-0.15, -0.1) is 0 Å². The van der Waals surface area contributed by atoms with Crippen LogP contribution in [0.15, 0.2) is 54.6 Å². The Hall–Kier alpha value is -2.26. The first-order valence-corrected chi connectivity index (χ1v) is 7.77. The monoisotopic (exact) mass is 309 g/mol. The van der Waals surface area contributed by atoms with Crippen LogP contribution in [-0.4, -0.2) is 17.6 Å². The van der Waals surface area contributed by atoms with Crippen molar-refractivity contribution in [1.82, 2.24) is 0 Å². The summed E-state index contributed by atoms with van der Waals surface area (Å²) in [6.45, 7) is 5.62. The fourth-order valence-electron chi connectivity index (χ4n) is 2.45. The number of ketones is 2. The highest BCUT2D eigenvalue weighted by atomic mass is 16.1. The second kappa shape index (κ2) is 6.88. The Labute approximate surface area is 137 Å². The zero-order valence-electron chi connectivity index (χ0n) is 13.9. The molecule has 2 aromatic rings. The van der Waals surface area contributed by atoms with Crippen LogP contribution >= 0.6 is 0 Å². The average Bonchev–Trinajstić information content (AvgIpc) is 2.54. The van der Waals surface area contributed by atoms with Gasteiger partial charge in [-0.25, -0.2) is 0 Å². The quantitative estimate of drug-likeness (QED) is 0.861. The Morgan fingerprint density at radius 2 is 1.43 bits per heavy atom. The third-order valence-electron chi connectivity index (χ3n) is 3.78. The Balaban J connectivity index is 2.08. The summed E-state index contributed by atoms with van der Waals surface area (Å²) in [6, 6.07) is 16.0. The summed E-state index contributed by atoms with van der Waals surface area (Å²) in [5.41, 5.74) is 7.83. The number of benzene rings is 2. The van der Waals surface area contributed by atoms with Gasteiger partial charge in [-0.3, -0.25) is 9.59 Å². The molecule has 0 aromatic heterocycles. The molecular formula is C20H23NO2. The van der Waals surface area contributed by atoms with Crippen molar-refractivity contribution in [3.63, 3.8) is 0 Å². The molecule has 2 aromatic carbocycles. The van der Waals surface area contributed by atoms with E-state index in [0.717, 1.165) is 5.56 Å². The number of rotatable bonds is 5. The first-order chi connectivity index (χ1) is 10.8. The fraction of sp³-hybridized carbons (Fsp3) is 0.300. The maximum absolute atomic E-state index is 12.3.